The van der Waals surface area contributed by atoms with Crippen molar-refractivity contribution < 1.29 is 9.84 Å². The van der Waals surface area contributed by atoms with E-state index in [1.807, 2.05) is 13.0 Å². The summed E-state index contributed by atoms with van der Waals surface area (Å²) in [5, 5.41) is 9.97. The lowest BCUT2D eigenvalue weighted by atomic mass is 9.92. The molecule has 0 saturated heterocycles. The summed E-state index contributed by atoms with van der Waals surface area (Å²) in [5.41, 5.74) is 10.8. The third kappa shape index (κ3) is 5.07. The van der Waals surface area contributed by atoms with Gasteiger partial charge < -0.3 is 9.84 Å². The zero-order valence-corrected chi connectivity index (χ0v) is 18.9. The van der Waals surface area contributed by atoms with E-state index in [0.717, 1.165) is 23.3 Å². The summed E-state index contributed by atoms with van der Waals surface area (Å²) in [6.45, 7) is 24.6. The molecule has 0 radical (unpaired) electrons. The Bertz CT molecular complexity index is 844. The van der Waals surface area contributed by atoms with Crippen molar-refractivity contribution in [3.63, 3.8) is 0 Å². The fourth-order valence-electron chi connectivity index (χ4n) is 3.24. The van der Waals surface area contributed by atoms with Crippen LogP contribution in [-0.2, 0) is 6.42 Å². The molecule has 0 aliphatic heterocycles. The lowest BCUT2D eigenvalue weighted by Gasteiger charge is -2.15. The van der Waals surface area contributed by atoms with E-state index in [2.05, 4.69) is 67.7 Å². The molecule has 2 heteroatoms. The summed E-state index contributed by atoms with van der Waals surface area (Å²) in [6.07, 6.45) is 4.33. The van der Waals surface area contributed by atoms with Crippen molar-refractivity contribution in [1.82, 2.24) is 0 Å². The number of aromatic hydroxyl groups is 1. The molecule has 0 amide bonds. The summed E-state index contributed by atoms with van der Waals surface area (Å²) in [7, 11) is 0. The maximum Gasteiger partial charge on any atom is 0.123 e. The topological polar surface area (TPSA) is 29.5 Å². The normalized spacial score (nSPS) is 10.1. The second kappa shape index (κ2) is 10.2. The van der Waals surface area contributed by atoms with Gasteiger partial charge in [0.15, 0.2) is 0 Å². The first-order chi connectivity index (χ1) is 13.1. The molecular formula is C26H36O2. The van der Waals surface area contributed by atoms with Crippen molar-refractivity contribution in [2.24, 2.45) is 0 Å². The summed E-state index contributed by atoms with van der Waals surface area (Å²) in [4.78, 5) is 0. The van der Waals surface area contributed by atoms with Gasteiger partial charge in [0.25, 0.3) is 0 Å². The molecule has 0 atom stereocenters. The Morgan fingerprint density at radius 3 is 1.82 bits per heavy atom. The minimum absolute atomic E-state index is 0.436. The van der Waals surface area contributed by atoms with Gasteiger partial charge in [0.1, 0.15) is 18.1 Å². The minimum Gasteiger partial charge on any atom is -0.507 e. The molecule has 2 aromatic carbocycles. The van der Waals surface area contributed by atoms with Crippen LogP contribution in [0.3, 0.4) is 0 Å². The van der Waals surface area contributed by atoms with Gasteiger partial charge in [-0.25, -0.2) is 0 Å². The van der Waals surface area contributed by atoms with Crippen LogP contribution in [0.2, 0.25) is 0 Å². The van der Waals surface area contributed by atoms with Crippen molar-refractivity contribution in [2.75, 3.05) is 6.61 Å². The van der Waals surface area contributed by atoms with Gasteiger partial charge in [-0.1, -0.05) is 18.7 Å². The van der Waals surface area contributed by atoms with Crippen LogP contribution < -0.4 is 4.74 Å². The largest absolute Gasteiger partial charge is 0.507 e. The quantitative estimate of drug-likeness (QED) is 0.575. The monoisotopic (exact) mass is 380 g/mol. The molecule has 0 aromatic heterocycles. The number of benzene rings is 2. The fourth-order valence-corrected chi connectivity index (χ4v) is 3.24. The molecule has 0 bridgehead atoms. The van der Waals surface area contributed by atoms with E-state index < -0.39 is 0 Å². The molecule has 152 valence electrons. The fraction of sp³-hybridized carbons (Fsp3) is 0.385. The number of phenols is 1. The number of ether oxygens (including phenoxy) is 1. The number of rotatable bonds is 5. The van der Waals surface area contributed by atoms with Crippen molar-refractivity contribution >= 4 is 0 Å². The number of hydrogen-bond acceptors (Lipinski definition) is 2. The number of phenolic OH excluding ortho intramolecular Hbond substituents is 1. The standard InChI is InChI=1S/2C13H18O/c1-6-7-14-13-8-9(2)10(3)11(4)12(13)5;1-6-7-12-10(4)8(2)9(3)11(5)13(12)14/h6,8H,1,7H2,2-5H3;6,14H,1,7H2,2-5H3. The molecule has 1 N–H and O–H groups in total. The molecule has 2 rings (SSSR count). The molecule has 0 unspecified atom stereocenters. The van der Waals surface area contributed by atoms with Crippen LogP contribution in [0, 0.1) is 55.4 Å². The highest BCUT2D eigenvalue weighted by molar-refractivity contribution is 5.53. The molecule has 0 aliphatic carbocycles. The number of allylic oxidation sites excluding steroid dienone is 1. The average Bonchev–Trinajstić information content (AvgIpc) is 2.68. The summed E-state index contributed by atoms with van der Waals surface area (Å²) in [6, 6.07) is 2.10. The van der Waals surface area contributed by atoms with Crippen LogP contribution in [0.15, 0.2) is 31.4 Å². The highest BCUT2D eigenvalue weighted by Gasteiger charge is 2.12. The van der Waals surface area contributed by atoms with Crippen molar-refractivity contribution in [3.05, 3.63) is 81.4 Å². The molecule has 2 nitrogen and oxygen atoms in total. The molecule has 28 heavy (non-hydrogen) atoms. The molecule has 0 fully saturated rings. The smallest absolute Gasteiger partial charge is 0.123 e. The van der Waals surface area contributed by atoms with E-state index in [4.69, 9.17) is 4.74 Å². The zero-order chi connectivity index (χ0) is 21.6. The second-order valence-corrected chi connectivity index (χ2v) is 7.49. The Morgan fingerprint density at radius 2 is 1.29 bits per heavy atom. The van der Waals surface area contributed by atoms with E-state index in [0.29, 0.717) is 12.4 Å². The first kappa shape index (κ1) is 23.6. The van der Waals surface area contributed by atoms with Crippen LogP contribution in [-0.4, -0.2) is 11.7 Å². The van der Waals surface area contributed by atoms with E-state index in [9.17, 15) is 5.11 Å². The van der Waals surface area contributed by atoms with Crippen LogP contribution in [0.5, 0.6) is 11.5 Å². The highest BCUT2D eigenvalue weighted by atomic mass is 16.5. The second-order valence-electron chi connectivity index (χ2n) is 7.49. The predicted molar refractivity (Wildman–Crippen MR) is 122 cm³/mol. The summed E-state index contributed by atoms with van der Waals surface area (Å²) >= 11 is 0. The van der Waals surface area contributed by atoms with Gasteiger partial charge in [-0.05, 0) is 112 Å². The summed E-state index contributed by atoms with van der Waals surface area (Å²) < 4.78 is 5.58. The van der Waals surface area contributed by atoms with Crippen LogP contribution in [0.4, 0.5) is 0 Å². The van der Waals surface area contributed by atoms with E-state index in [1.165, 1.54) is 38.9 Å². The predicted octanol–water partition coefficient (Wildman–Crippen LogP) is 6.84. The van der Waals surface area contributed by atoms with Gasteiger partial charge in [0, 0.05) is 5.56 Å². The van der Waals surface area contributed by atoms with E-state index >= 15 is 0 Å². The Labute approximate surface area is 171 Å². The molecular weight excluding hydrogens is 344 g/mol. The number of aryl methyl sites for hydroxylation is 1. The maximum absolute atomic E-state index is 9.97. The van der Waals surface area contributed by atoms with Gasteiger partial charge >= 0.3 is 0 Å². The first-order valence-corrected chi connectivity index (χ1v) is 9.78. The minimum atomic E-state index is 0.436. The average molecular weight is 381 g/mol. The summed E-state index contributed by atoms with van der Waals surface area (Å²) in [5.74, 6) is 1.41. The number of hydrogen-bond donors (Lipinski definition) is 1. The SMILES string of the molecule is C=CCOc1cc(C)c(C)c(C)c1C.C=CCc1c(C)c(C)c(C)c(C)c1O. The first-order valence-electron chi connectivity index (χ1n) is 9.78. The van der Waals surface area contributed by atoms with Crippen LogP contribution >= 0.6 is 0 Å². The van der Waals surface area contributed by atoms with Crippen LogP contribution in [0.1, 0.15) is 50.1 Å². The van der Waals surface area contributed by atoms with Crippen molar-refractivity contribution in [2.45, 2.75) is 61.8 Å². The molecule has 0 spiro atoms. The molecule has 0 aliphatic rings. The third-order valence-electron chi connectivity index (χ3n) is 5.92. The van der Waals surface area contributed by atoms with Gasteiger partial charge in [-0.2, -0.15) is 0 Å². The Morgan fingerprint density at radius 1 is 0.750 bits per heavy atom. The van der Waals surface area contributed by atoms with Gasteiger partial charge in [-0.15, -0.1) is 6.58 Å². The van der Waals surface area contributed by atoms with Gasteiger partial charge in [-0.3, -0.25) is 0 Å². The third-order valence-corrected chi connectivity index (χ3v) is 5.92. The van der Waals surface area contributed by atoms with Gasteiger partial charge in [0.05, 0.1) is 0 Å². The van der Waals surface area contributed by atoms with Crippen LogP contribution in [0.25, 0.3) is 0 Å². The Hall–Kier alpha value is -2.48. The Balaban J connectivity index is 0.000000280. The molecule has 0 saturated carbocycles. The van der Waals surface area contributed by atoms with Crippen molar-refractivity contribution in [1.29, 1.82) is 0 Å². The van der Waals surface area contributed by atoms with E-state index in [-0.39, 0.29) is 0 Å². The van der Waals surface area contributed by atoms with Gasteiger partial charge in [0.2, 0.25) is 0 Å². The zero-order valence-electron chi connectivity index (χ0n) is 18.9. The lowest BCUT2D eigenvalue weighted by Crippen LogP contribution is -1.99. The Kier molecular flexibility index (Phi) is 8.56. The molecule has 0 heterocycles. The van der Waals surface area contributed by atoms with E-state index in [1.54, 1.807) is 6.08 Å². The molecule has 2 aromatic rings. The highest BCUT2D eigenvalue weighted by Crippen LogP contribution is 2.32. The lowest BCUT2D eigenvalue weighted by molar-refractivity contribution is 0.360. The van der Waals surface area contributed by atoms with Crippen molar-refractivity contribution in [3.8, 4) is 11.5 Å². The maximum atomic E-state index is 9.97.